The molecule has 6 rings (SSSR count). The molecule has 1 fully saturated rings. The summed E-state index contributed by atoms with van der Waals surface area (Å²) in [4.78, 5) is 13.7. The highest BCUT2D eigenvalue weighted by Crippen LogP contribution is 2.49. The molecule has 0 aliphatic carbocycles. The molecule has 3 aliphatic rings. The molecule has 1 spiro atoms. The summed E-state index contributed by atoms with van der Waals surface area (Å²) in [7, 11) is 1.84. The van der Waals surface area contributed by atoms with E-state index < -0.39 is 5.91 Å². The number of aryl methyl sites for hydroxylation is 1. The number of nitrogens with zero attached hydrogens (tertiary/aromatic N) is 3. The van der Waals surface area contributed by atoms with Gasteiger partial charge in [0.2, 0.25) is 0 Å². The van der Waals surface area contributed by atoms with Gasteiger partial charge in [0.1, 0.15) is 5.75 Å². The molecule has 0 unspecified atom stereocenters. The third-order valence-corrected chi connectivity index (χ3v) is 7.29. The Morgan fingerprint density at radius 2 is 2.00 bits per heavy atom. The van der Waals surface area contributed by atoms with E-state index in [0.717, 1.165) is 40.6 Å². The summed E-state index contributed by atoms with van der Waals surface area (Å²) in [6.07, 6.45) is 3.26. The van der Waals surface area contributed by atoms with Crippen molar-refractivity contribution in [2.75, 3.05) is 19.7 Å². The van der Waals surface area contributed by atoms with E-state index >= 15 is 0 Å². The molecule has 1 saturated heterocycles. The molecular formula is C23H24N4O4. The fourth-order valence-corrected chi connectivity index (χ4v) is 5.35. The summed E-state index contributed by atoms with van der Waals surface area (Å²) in [6, 6.07) is 9.30. The Morgan fingerprint density at radius 1 is 1.19 bits per heavy atom. The standard InChI is InChI=1S/C23H24N4O4/c1-26-19-10-15(3-2-14(19)11-25-26)23(29,30)27-8-6-22(7-9-27)13-31-20-17-12-24-21(28)16(17)4-5-18(20)22/h2-5,10-11,29-30H,6-9,12-13H2,1H3,(H,24,28). The van der Waals surface area contributed by atoms with Crippen molar-refractivity contribution >= 4 is 16.8 Å². The lowest BCUT2D eigenvalue weighted by atomic mass is 9.73. The van der Waals surface area contributed by atoms with Crippen molar-refractivity contribution in [1.29, 1.82) is 0 Å². The van der Waals surface area contributed by atoms with Crippen molar-refractivity contribution in [3.05, 3.63) is 58.8 Å². The first-order chi connectivity index (χ1) is 14.9. The zero-order valence-corrected chi connectivity index (χ0v) is 17.3. The molecule has 4 heterocycles. The second kappa shape index (κ2) is 6.29. The van der Waals surface area contributed by atoms with E-state index in [0.29, 0.717) is 37.4 Å². The number of rotatable bonds is 2. The molecule has 0 saturated carbocycles. The molecule has 160 valence electrons. The molecular weight excluding hydrogens is 396 g/mol. The van der Waals surface area contributed by atoms with Crippen LogP contribution in [0.25, 0.3) is 10.9 Å². The van der Waals surface area contributed by atoms with Crippen LogP contribution in [0.3, 0.4) is 0 Å². The number of piperidine rings is 1. The van der Waals surface area contributed by atoms with E-state index in [4.69, 9.17) is 4.74 Å². The summed E-state index contributed by atoms with van der Waals surface area (Å²) in [5.74, 6) is -1.27. The van der Waals surface area contributed by atoms with E-state index in [2.05, 4.69) is 10.4 Å². The fourth-order valence-electron chi connectivity index (χ4n) is 5.35. The van der Waals surface area contributed by atoms with Gasteiger partial charge >= 0.3 is 0 Å². The molecule has 3 aromatic rings. The van der Waals surface area contributed by atoms with Crippen molar-refractivity contribution < 1.29 is 19.7 Å². The van der Waals surface area contributed by atoms with Crippen molar-refractivity contribution in [2.24, 2.45) is 7.05 Å². The van der Waals surface area contributed by atoms with Gasteiger partial charge in [-0.25, -0.2) is 4.90 Å². The first-order valence-electron chi connectivity index (χ1n) is 10.6. The second-order valence-electron chi connectivity index (χ2n) is 8.88. The molecule has 8 nitrogen and oxygen atoms in total. The zero-order chi connectivity index (χ0) is 21.4. The van der Waals surface area contributed by atoms with Crippen LogP contribution in [0, 0.1) is 0 Å². The van der Waals surface area contributed by atoms with Crippen LogP contribution < -0.4 is 10.1 Å². The number of nitrogens with one attached hydrogen (secondary N) is 1. The number of likely N-dealkylation sites (tertiary alicyclic amines) is 1. The van der Waals surface area contributed by atoms with Crippen LogP contribution in [0.15, 0.2) is 36.5 Å². The predicted molar refractivity (Wildman–Crippen MR) is 112 cm³/mol. The van der Waals surface area contributed by atoms with Crippen molar-refractivity contribution in [3.8, 4) is 5.75 Å². The number of aromatic nitrogens is 2. The first-order valence-corrected chi connectivity index (χ1v) is 10.6. The Morgan fingerprint density at radius 3 is 2.81 bits per heavy atom. The summed E-state index contributed by atoms with van der Waals surface area (Å²) in [5.41, 5.74) is 3.92. The maximum absolute atomic E-state index is 12.0. The summed E-state index contributed by atoms with van der Waals surface area (Å²) < 4.78 is 7.82. The highest BCUT2D eigenvalue weighted by molar-refractivity contribution is 5.99. The van der Waals surface area contributed by atoms with Gasteiger partial charge in [-0.3, -0.25) is 9.48 Å². The van der Waals surface area contributed by atoms with Crippen LogP contribution in [0.4, 0.5) is 0 Å². The maximum atomic E-state index is 12.0. The predicted octanol–water partition coefficient (Wildman–Crippen LogP) is 1.34. The van der Waals surface area contributed by atoms with Gasteiger partial charge in [0.05, 0.1) is 18.3 Å². The van der Waals surface area contributed by atoms with Gasteiger partial charge in [-0.15, -0.1) is 0 Å². The molecule has 8 heteroatoms. The average molecular weight is 420 g/mol. The van der Waals surface area contributed by atoms with Crippen LogP contribution in [0.1, 0.15) is 39.9 Å². The number of hydrogen-bond donors (Lipinski definition) is 3. The number of aliphatic hydroxyl groups is 2. The molecule has 0 bridgehead atoms. The summed E-state index contributed by atoms with van der Waals surface area (Å²) in [6.45, 7) is 2.11. The van der Waals surface area contributed by atoms with Crippen LogP contribution >= 0.6 is 0 Å². The van der Waals surface area contributed by atoms with Gasteiger partial charge in [-0.2, -0.15) is 5.10 Å². The number of carbonyl (C=O) groups excluding carboxylic acids is 1. The summed E-state index contributed by atoms with van der Waals surface area (Å²) in [5, 5.41) is 30.2. The van der Waals surface area contributed by atoms with Crippen LogP contribution in [-0.4, -0.2) is 50.5 Å². The lowest BCUT2D eigenvalue weighted by Crippen LogP contribution is -2.53. The summed E-state index contributed by atoms with van der Waals surface area (Å²) >= 11 is 0. The molecule has 0 radical (unpaired) electrons. The first kappa shape index (κ1) is 18.8. The van der Waals surface area contributed by atoms with E-state index in [-0.39, 0.29) is 11.3 Å². The van der Waals surface area contributed by atoms with E-state index in [9.17, 15) is 15.0 Å². The quantitative estimate of drug-likeness (QED) is 0.541. The molecule has 1 amide bonds. The number of benzene rings is 2. The minimum atomic E-state index is -2.06. The fraction of sp³-hybridized carbons (Fsp3) is 0.391. The topological polar surface area (TPSA) is 99.8 Å². The number of carbonyl (C=O) groups is 1. The Bertz CT molecular complexity index is 1220. The van der Waals surface area contributed by atoms with Crippen LogP contribution in [-0.2, 0) is 24.9 Å². The average Bonchev–Trinajstić information content (AvgIpc) is 3.45. The third-order valence-electron chi connectivity index (χ3n) is 7.29. The van der Waals surface area contributed by atoms with Crippen LogP contribution in [0.5, 0.6) is 5.75 Å². The van der Waals surface area contributed by atoms with E-state index in [1.54, 1.807) is 27.9 Å². The van der Waals surface area contributed by atoms with Gasteiger partial charge in [-0.05, 0) is 25.0 Å². The minimum Gasteiger partial charge on any atom is -0.492 e. The van der Waals surface area contributed by atoms with Gasteiger partial charge in [-0.1, -0.05) is 18.2 Å². The maximum Gasteiger partial charge on any atom is 0.253 e. The molecule has 3 N–H and O–H groups in total. The number of hydrogen-bond acceptors (Lipinski definition) is 6. The highest BCUT2D eigenvalue weighted by Gasteiger charge is 2.48. The lowest BCUT2D eigenvalue weighted by Gasteiger charge is -2.43. The second-order valence-corrected chi connectivity index (χ2v) is 8.88. The third kappa shape index (κ3) is 2.59. The highest BCUT2D eigenvalue weighted by atomic mass is 16.5. The Balaban J connectivity index is 1.27. The molecule has 1 aromatic heterocycles. The van der Waals surface area contributed by atoms with E-state index in [1.807, 2.05) is 25.2 Å². The molecule has 31 heavy (non-hydrogen) atoms. The van der Waals surface area contributed by atoms with Crippen molar-refractivity contribution in [1.82, 2.24) is 20.0 Å². The van der Waals surface area contributed by atoms with E-state index in [1.165, 1.54) is 0 Å². The Labute approximate surface area is 179 Å². The van der Waals surface area contributed by atoms with Crippen LogP contribution in [0.2, 0.25) is 0 Å². The Kier molecular flexibility index (Phi) is 3.81. The van der Waals surface area contributed by atoms with Crippen molar-refractivity contribution in [2.45, 2.75) is 30.7 Å². The smallest absolute Gasteiger partial charge is 0.253 e. The van der Waals surface area contributed by atoms with Gasteiger partial charge in [0.25, 0.3) is 11.8 Å². The van der Waals surface area contributed by atoms with Crippen molar-refractivity contribution in [3.63, 3.8) is 0 Å². The Hall–Kier alpha value is -2.94. The largest absolute Gasteiger partial charge is 0.492 e. The molecule has 0 atom stereocenters. The van der Waals surface area contributed by atoms with Gasteiger partial charge in [0.15, 0.2) is 0 Å². The number of ether oxygens (including phenoxy) is 1. The van der Waals surface area contributed by atoms with Gasteiger partial charge in [0, 0.05) is 59.7 Å². The molecule has 3 aliphatic heterocycles. The zero-order valence-electron chi connectivity index (χ0n) is 17.3. The minimum absolute atomic E-state index is 0.0482. The lowest BCUT2D eigenvalue weighted by molar-refractivity contribution is -0.281. The van der Waals surface area contributed by atoms with Gasteiger partial charge < -0.3 is 20.3 Å². The number of fused-ring (bicyclic) bond motifs is 5. The number of amides is 1. The molecule has 2 aromatic carbocycles. The SMILES string of the molecule is Cn1ncc2ccc(C(O)(O)N3CCC4(CC3)COc3c4ccc4c3CNC4=O)cc21. The monoisotopic (exact) mass is 420 g/mol. The normalized spacial score (nSPS) is 20.0.